The van der Waals surface area contributed by atoms with Crippen molar-refractivity contribution < 1.29 is 23.5 Å². The molecule has 2 amide bonds. The van der Waals surface area contributed by atoms with E-state index in [-0.39, 0.29) is 29.6 Å². The minimum atomic E-state index is -1.10. The van der Waals surface area contributed by atoms with Crippen LogP contribution in [0.3, 0.4) is 0 Å². The molecule has 0 bridgehead atoms. The summed E-state index contributed by atoms with van der Waals surface area (Å²) in [7, 11) is 0. The molecule has 29 heavy (non-hydrogen) atoms. The Balaban J connectivity index is 1.58. The SMILES string of the molecule is Cc1ccc(N2C[C@@H](C(=O)O[C@H](C)C(=O)Nc3ccc(F)cc3Cl)CC2=O)cc1. The van der Waals surface area contributed by atoms with Gasteiger partial charge >= 0.3 is 5.97 Å². The van der Waals surface area contributed by atoms with E-state index in [0.717, 1.165) is 17.7 Å². The maximum Gasteiger partial charge on any atom is 0.312 e. The number of halogens is 2. The summed E-state index contributed by atoms with van der Waals surface area (Å²) in [6.07, 6.45) is -1.09. The first-order valence-electron chi connectivity index (χ1n) is 9.08. The van der Waals surface area contributed by atoms with Gasteiger partial charge < -0.3 is 15.0 Å². The van der Waals surface area contributed by atoms with Crippen LogP contribution >= 0.6 is 11.6 Å². The standard InChI is InChI=1S/C21H20ClFN2O4/c1-12-3-6-16(7-4-12)25-11-14(9-19(25)26)21(28)29-13(2)20(27)24-18-8-5-15(23)10-17(18)22/h3-8,10,13-14H,9,11H2,1-2H3,(H,24,27)/t13-,14+/m1/s1. The van der Waals surface area contributed by atoms with Crippen LogP contribution in [0.2, 0.25) is 5.02 Å². The number of nitrogens with one attached hydrogen (secondary N) is 1. The number of hydrogen-bond acceptors (Lipinski definition) is 4. The summed E-state index contributed by atoms with van der Waals surface area (Å²) in [6.45, 7) is 3.55. The van der Waals surface area contributed by atoms with Gasteiger partial charge in [0, 0.05) is 18.7 Å². The van der Waals surface area contributed by atoms with E-state index in [9.17, 15) is 18.8 Å². The largest absolute Gasteiger partial charge is 0.452 e. The highest BCUT2D eigenvalue weighted by atomic mass is 35.5. The van der Waals surface area contributed by atoms with Crippen molar-refractivity contribution in [3.63, 3.8) is 0 Å². The van der Waals surface area contributed by atoms with Crippen LogP contribution in [-0.4, -0.2) is 30.4 Å². The van der Waals surface area contributed by atoms with Gasteiger partial charge in [-0.1, -0.05) is 29.3 Å². The molecule has 0 spiro atoms. The summed E-state index contributed by atoms with van der Waals surface area (Å²) in [4.78, 5) is 38.5. The minimum absolute atomic E-state index is 0.0187. The maximum absolute atomic E-state index is 13.1. The molecule has 0 aliphatic carbocycles. The minimum Gasteiger partial charge on any atom is -0.452 e. The Hall–Kier alpha value is -2.93. The van der Waals surface area contributed by atoms with Crippen LogP contribution in [0.4, 0.5) is 15.8 Å². The number of esters is 1. The number of amides is 2. The second-order valence-corrected chi connectivity index (χ2v) is 7.34. The molecule has 3 rings (SSSR count). The average molecular weight is 419 g/mol. The van der Waals surface area contributed by atoms with Crippen molar-refractivity contribution in [2.45, 2.75) is 26.4 Å². The fourth-order valence-corrected chi connectivity index (χ4v) is 3.20. The van der Waals surface area contributed by atoms with Crippen LogP contribution in [0.5, 0.6) is 0 Å². The van der Waals surface area contributed by atoms with E-state index in [1.54, 1.807) is 0 Å². The molecule has 8 heteroatoms. The summed E-state index contributed by atoms with van der Waals surface area (Å²) < 4.78 is 18.3. The molecule has 0 saturated carbocycles. The summed E-state index contributed by atoms with van der Waals surface area (Å²) in [6, 6.07) is 11.0. The summed E-state index contributed by atoms with van der Waals surface area (Å²) in [5, 5.41) is 2.52. The van der Waals surface area contributed by atoms with Gasteiger partial charge in [0.25, 0.3) is 5.91 Å². The molecule has 1 aliphatic heterocycles. The van der Waals surface area contributed by atoms with Gasteiger partial charge in [0.1, 0.15) is 5.82 Å². The van der Waals surface area contributed by atoms with Gasteiger partial charge in [-0.15, -0.1) is 0 Å². The lowest BCUT2D eigenvalue weighted by Gasteiger charge is -2.18. The first-order valence-corrected chi connectivity index (χ1v) is 9.46. The molecule has 1 saturated heterocycles. The van der Waals surface area contributed by atoms with Gasteiger partial charge in [-0.3, -0.25) is 14.4 Å². The third-order valence-electron chi connectivity index (χ3n) is 4.66. The van der Waals surface area contributed by atoms with E-state index in [1.165, 1.54) is 17.9 Å². The van der Waals surface area contributed by atoms with Crippen molar-refractivity contribution in [2.24, 2.45) is 5.92 Å². The van der Waals surface area contributed by atoms with E-state index in [2.05, 4.69) is 5.32 Å². The molecule has 0 radical (unpaired) electrons. The van der Waals surface area contributed by atoms with E-state index >= 15 is 0 Å². The van der Waals surface area contributed by atoms with Crippen LogP contribution in [-0.2, 0) is 19.1 Å². The first kappa shape index (κ1) is 20.8. The van der Waals surface area contributed by atoms with E-state index < -0.39 is 29.7 Å². The topological polar surface area (TPSA) is 75.7 Å². The number of nitrogens with zero attached hydrogens (tertiary/aromatic N) is 1. The van der Waals surface area contributed by atoms with E-state index in [1.807, 2.05) is 31.2 Å². The number of carbonyl (C=O) groups excluding carboxylic acids is 3. The predicted octanol–water partition coefficient (Wildman–Crippen LogP) is 3.71. The van der Waals surface area contributed by atoms with Crippen LogP contribution in [0.15, 0.2) is 42.5 Å². The Morgan fingerprint density at radius 1 is 1.24 bits per heavy atom. The third-order valence-corrected chi connectivity index (χ3v) is 4.97. The Morgan fingerprint density at radius 3 is 2.59 bits per heavy atom. The van der Waals surface area contributed by atoms with Crippen LogP contribution in [0.25, 0.3) is 0 Å². The molecule has 1 N–H and O–H groups in total. The number of carbonyl (C=O) groups is 3. The number of rotatable bonds is 5. The zero-order valence-electron chi connectivity index (χ0n) is 15.9. The van der Waals surface area contributed by atoms with Crippen molar-refractivity contribution in [1.82, 2.24) is 0 Å². The molecule has 1 fully saturated rings. The Kier molecular flexibility index (Phi) is 6.17. The van der Waals surface area contributed by atoms with Gasteiger partial charge in [0.05, 0.1) is 16.6 Å². The van der Waals surface area contributed by atoms with E-state index in [0.29, 0.717) is 5.69 Å². The summed E-state index contributed by atoms with van der Waals surface area (Å²) in [5.41, 5.74) is 1.99. The lowest BCUT2D eigenvalue weighted by atomic mass is 10.1. The van der Waals surface area contributed by atoms with Crippen molar-refractivity contribution in [3.05, 3.63) is 58.9 Å². The molecule has 152 valence electrons. The van der Waals surface area contributed by atoms with Crippen molar-refractivity contribution in [2.75, 3.05) is 16.8 Å². The average Bonchev–Trinajstić information content (AvgIpc) is 3.06. The normalized spacial score (nSPS) is 17.2. The number of anilines is 2. The highest BCUT2D eigenvalue weighted by Gasteiger charge is 2.37. The van der Waals surface area contributed by atoms with Crippen LogP contribution in [0, 0.1) is 18.7 Å². The van der Waals surface area contributed by atoms with Gasteiger partial charge in [-0.2, -0.15) is 0 Å². The Morgan fingerprint density at radius 2 is 1.93 bits per heavy atom. The maximum atomic E-state index is 13.1. The fraction of sp³-hybridized carbons (Fsp3) is 0.286. The Bertz CT molecular complexity index is 948. The van der Waals surface area contributed by atoms with Crippen molar-refractivity contribution in [3.8, 4) is 0 Å². The quantitative estimate of drug-likeness (QED) is 0.751. The molecule has 2 aromatic rings. The molecule has 6 nitrogen and oxygen atoms in total. The lowest BCUT2D eigenvalue weighted by molar-refractivity contribution is -0.157. The molecule has 1 aliphatic rings. The highest BCUT2D eigenvalue weighted by Crippen LogP contribution is 2.27. The molecular formula is C21H20ClFN2O4. The van der Waals surface area contributed by atoms with Crippen LogP contribution < -0.4 is 10.2 Å². The molecule has 0 aromatic heterocycles. The lowest BCUT2D eigenvalue weighted by Crippen LogP contribution is -2.33. The summed E-state index contributed by atoms with van der Waals surface area (Å²) in [5.74, 6) is -2.59. The van der Waals surface area contributed by atoms with E-state index in [4.69, 9.17) is 16.3 Å². The van der Waals surface area contributed by atoms with Gasteiger partial charge in [-0.25, -0.2) is 4.39 Å². The molecular weight excluding hydrogens is 399 g/mol. The highest BCUT2D eigenvalue weighted by molar-refractivity contribution is 6.33. The van der Waals surface area contributed by atoms with Crippen LogP contribution in [0.1, 0.15) is 18.9 Å². The fourth-order valence-electron chi connectivity index (χ4n) is 2.99. The second-order valence-electron chi connectivity index (χ2n) is 6.93. The van der Waals surface area contributed by atoms with Gasteiger partial charge in [0.15, 0.2) is 6.10 Å². The monoisotopic (exact) mass is 418 g/mol. The number of aryl methyl sites for hydroxylation is 1. The number of ether oxygens (including phenoxy) is 1. The third kappa shape index (κ3) is 4.92. The number of hydrogen-bond donors (Lipinski definition) is 1. The predicted molar refractivity (Wildman–Crippen MR) is 107 cm³/mol. The molecule has 0 unspecified atom stereocenters. The van der Waals surface area contributed by atoms with Gasteiger partial charge in [0.2, 0.25) is 5.91 Å². The smallest absolute Gasteiger partial charge is 0.312 e. The molecule has 1 heterocycles. The first-order chi connectivity index (χ1) is 13.7. The summed E-state index contributed by atoms with van der Waals surface area (Å²) >= 11 is 5.88. The number of benzene rings is 2. The van der Waals surface area contributed by atoms with Crippen molar-refractivity contribution >= 4 is 40.8 Å². The zero-order chi connectivity index (χ0) is 21.1. The van der Waals surface area contributed by atoms with Crippen molar-refractivity contribution in [1.29, 1.82) is 0 Å². The van der Waals surface area contributed by atoms with Gasteiger partial charge in [-0.05, 0) is 44.2 Å². The molecule has 2 aromatic carbocycles. The second kappa shape index (κ2) is 8.61. The Labute approximate surface area is 172 Å². The zero-order valence-corrected chi connectivity index (χ0v) is 16.7. The molecule has 2 atom stereocenters.